The number of aryl methyl sites for hydroxylation is 2. The first kappa shape index (κ1) is 28.9. The molecule has 3 aromatic rings. The maximum absolute atomic E-state index is 13.9. The lowest BCUT2D eigenvalue weighted by Crippen LogP contribution is -2.50. The summed E-state index contributed by atoms with van der Waals surface area (Å²) >= 11 is 0. The number of hydrogen-bond acceptors (Lipinski definition) is 4. The third-order valence-electron chi connectivity index (χ3n) is 6.58. The summed E-state index contributed by atoms with van der Waals surface area (Å²) in [5.74, 6) is -0.544. The van der Waals surface area contributed by atoms with E-state index in [4.69, 9.17) is 0 Å². The standard InChI is InChI=1S/C30H37N3O4S/c1-21(2)26-12-14-27(15-13-26)33(38(36,37)28-16-10-22(3)11-17-28)20-29(34)32(24(5)30(35)31-6)19-25-9-7-8-23(4)18-25/h7-18,21,24H,19-20H2,1-6H3,(H,31,35)/t24-/m0/s1. The second-order valence-corrected chi connectivity index (χ2v) is 11.7. The number of anilines is 1. The number of nitrogens with zero attached hydrogens (tertiary/aromatic N) is 2. The largest absolute Gasteiger partial charge is 0.357 e. The van der Waals surface area contributed by atoms with Gasteiger partial charge in [-0.05, 0) is 62.1 Å². The first-order chi connectivity index (χ1) is 17.9. The predicted octanol–water partition coefficient (Wildman–Crippen LogP) is 4.79. The van der Waals surface area contributed by atoms with Crippen LogP contribution in [0.15, 0.2) is 77.7 Å². The number of likely N-dealkylation sites (N-methyl/N-ethyl adjacent to an activating group) is 1. The van der Waals surface area contributed by atoms with E-state index in [1.807, 2.05) is 50.2 Å². The van der Waals surface area contributed by atoms with E-state index in [9.17, 15) is 18.0 Å². The number of sulfonamides is 1. The molecule has 0 spiro atoms. The fourth-order valence-corrected chi connectivity index (χ4v) is 5.60. The molecule has 202 valence electrons. The fraction of sp³-hybridized carbons (Fsp3) is 0.333. The Kier molecular flexibility index (Phi) is 9.33. The summed E-state index contributed by atoms with van der Waals surface area (Å²) in [5.41, 5.74) is 4.24. The molecule has 1 atom stereocenters. The summed E-state index contributed by atoms with van der Waals surface area (Å²) in [6.45, 7) is 9.30. The molecule has 1 N–H and O–H groups in total. The number of benzene rings is 3. The molecule has 0 aliphatic carbocycles. The second-order valence-electron chi connectivity index (χ2n) is 9.87. The van der Waals surface area contributed by atoms with Gasteiger partial charge in [0.25, 0.3) is 10.0 Å². The van der Waals surface area contributed by atoms with E-state index < -0.39 is 28.5 Å². The van der Waals surface area contributed by atoms with Crippen molar-refractivity contribution in [3.63, 3.8) is 0 Å². The summed E-state index contributed by atoms with van der Waals surface area (Å²) < 4.78 is 28.8. The van der Waals surface area contributed by atoms with E-state index in [1.54, 1.807) is 43.3 Å². The maximum Gasteiger partial charge on any atom is 0.264 e. The number of nitrogens with one attached hydrogen (secondary N) is 1. The van der Waals surface area contributed by atoms with Gasteiger partial charge >= 0.3 is 0 Å². The Morgan fingerprint density at radius 2 is 1.50 bits per heavy atom. The Bertz CT molecular complexity index is 1370. The number of amides is 2. The first-order valence-electron chi connectivity index (χ1n) is 12.7. The maximum atomic E-state index is 13.9. The highest BCUT2D eigenvalue weighted by molar-refractivity contribution is 7.92. The summed E-state index contributed by atoms with van der Waals surface area (Å²) in [6, 6.07) is 20.6. The highest BCUT2D eigenvalue weighted by Crippen LogP contribution is 2.27. The van der Waals surface area contributed by atoms with Crippen LogP contribution in [0.2, 0.25) is 0 Å². The minimum atomic E-state index is -4.08. The lowest BCUT2D eigenvalue weighted by atomic mass is 10.0. The van der Waals surface area contributed by atoms with E-state index in [1.165, 1.54) is 11.9 Å². The van der Waals surface area contributed by atoms with Crippen LogP contribution in [0.5, 0.6) is 0 Å². The molecule has 0 radical (unpaired) electrons. The van der Waals surface area contributed by atoms with Crippen molar-refractivity contribution in [1.82, 2.24) is 10.2 Å². The zero-order valence-corrected chi connectivity index (χ0v) is 23.7. The third-order valence-corrected chi connectivity index (χ3v) is 8.37. The van der Waals surface area contributed by atoms with Crippen molar-refractivity contribution in [3.05, 3.63) is 95.1 Å². The molecule has 38 heavy (non-hydrogen) atoms. The van der Waals surface area contributed by atoms with E-state index in [0.717, 1.165) is 26.6 Å². The fourth-order valence-electron chi connectivity index (χ4n) is 4.19. The van der Waals surface area contributed by atoms with E-state index in [2.05, 4.69) is 19.2 Å². The normalized spacial score (nSPS) is 12.2. The molecule has 3 aromatic carbocycles. The zero-order chi connectivity index (χ0) is 28.0. The Labute approximate surface area is 226 Å². The van der Waals surface area contributed by atoms with Crippen LogP contribution in [-0.2, 0) is 26.2 Å². The number of rotatable bonds is 10. The molecule has 0 aromatic heterocycles. The monoisotopic (exact) mass is 535 g/mol. The molecule has 0 bridgehead atoms. The highest BCUT2D eigenvalue weighted by atomic mass is 32.2. The van der Waals surface area contributed by atoms with Gasteiger partial charge in [0.15, 0.2) is 0 Å². The van der Waals surface area contributed by atoms with Crippen molar-refractivity contribution in [2.24, 2.45) is 0 Å². The molecule has 0 aliphatic rings. The van der Waals surface area contributed by atoms with Gasteiger partial charge in [0.1, 0.15) is 12.6 Å². The minimum Gasteiger partial charge on any atom is -0.357 e. The van der Waals surface area contributed by atoms with E-state index in [-0.39, 0.29) is 23.3 Å². The van der Waals surface area contributed by atoms with Gasteiger partial charge in [-0.15, -0.1) is 0 Å². The Morgan fingerprint density at radius 3 is 2.05 bits per heavy atom. The van der Waals surface area contributed by atoms with Crippen LogP contribution < -0.4 is 9.62 Å². The van der Waals surface area contributed by atoms with Crippen LogP contribution in [-0.4, -0.2) is 44.8 Å². The molecule has 0 heterocycles. The van der Waals surface area contributed by atoms with Crippen LogP contribution >= 0.6 is 0 Å². The van der Waals surface area contributed by atoms with Crippen molar-refractivity contribution < 1.29 is 18.0 Å². The number of hydrogen-bond donors (Lipinski definition) is 1. The van der Waals surface area contributed by atoms with Gasteiger partial charge in [-0.25, -0.2) is 8.42 Å². The second kappa shape index (κ2) is 12.3. The van der Waals surface area contributed by atoms with Crippen molar-refractivity contribution in [3.8, 4) is 0 Å². The predicted molar refractivity (Wildman–Crippen MR) is 151 cm³/mol. The molecule has 0 unspecified atom stereocenters. The lowest BCUT2D eigenvalue weighted by molar-refractivity contribution is -0.139. The van der Waals surface area contributed by atoms with Crippen LogP contribution in [0.4, 0.5) is 5.69 Å². The van der Waals surface area contributed by atoms with Gasteiger partial charge in [-0.1, -0.05) is 73.5 Å². The first-order valence-corrected chi connectivity index (χ1v) is 14.1. The van der Waals surface area contributed by atoms with Crippen molar-refractivity contribution in [2.45, 2.75) is 58.0 Å². The van der Waals surface area contributed by atoms with Gasteiger partial charge in [0.2, 0.25) is 11.8 Å². The summed E-state index contributed by atoms with van der Waals surface area (Å²) in [6.07, 6.45) is 0. The Balaban J connectivity index is 2.04. The number of carbonyl (C=O) groups excluding carboxylic acids is 2. The molecule has 3 rings (SSSR count). The average Bonchev–Trinajstić information content (AvgIpc) is 2.89. The SMILES string of the molecule is CNC(=O)[C@H](C)N(Cc1cccc(C)c1)C(=O)CN(c1ccc(C(C)C)cc1)S(=O)(=O)c1ccc(C)cc1. The van der Waals surface area contributed by atoms with Crippen LogP contribution in [0, 0.1) is 13.8 Å². The molecular formula is C30H37N3O4S. The molecule has 8 heteroatoms. The minimum absolute atomic E-state index is 0.0911. The van der Waals surface area contributed by atoms with Crippen LogP contribution in [0.25, 0.3) is 0 Å². The summed E-state index contributed by atoms with van der Waals surface area (Å²) in [4.78, 5) is 27.9. The molecule has 2 amide bonds. The third kappa shape index (κ3) is 6.81. The summed E-state index contributed by atoms with van der Waals surface area (Å²) in [7, 11) is -2.57. The Hall–Kier alpha value is -3.65. The summed E-state index contributed by atoms with van der Waals surface area (Å²) in [5, 5.41) is 2.60. The molecule has 7 nitrogen and oxygen atoms in total. The van der Waals surface area contributed by atoms with Gasteiger partial charge in [0.05, 0.1) is 10.6 Å². The van der Waals surface area contributed by atoms with Crippen LogP contribution in [0.1, 0.15) is 48.9 Å². The van der Waals surface area contributed by atoms with Gasteiger partial charge in [-0.2, -0.15) is 0 Å². The topological polar surface area (TPSA) is 86.8 Å². The molecule has 0 saturated carbocycles. The van der Waals surface area contributed by atoms with Crippen molar-refractivity contribution in [1.29, 1.82) is 0 Å². The quantitative estimate of drug-likeness (QED) is 0.405. The molecular weight excluding hydrogens is 498 g/mol. The van der Waals surface area contributed by atoms with Gasteiger partial charge in [0, 0.05) is 13.6 Å². The molecule has 0 saturated heterocycles. The molecule has 0 aliphatic heterocycles. The lowest BCUT2D eigenvalue weighted by Gasteiger charge is -2.32. The smallest absolute Gasteiger partial charge is 0.264 e. The van der Waals surface area contributed by atoms with E-state index in [0.29, 0.717) is 5.69 Å². The average molecular weight is 536 g/mol. The highest BCUT2D eigenvalue weighted by Gasteiger charge is 2.32. The number of carbonyl (C=O) groups is 2. The van der Waals surface area contributed by atoms with Crippen molar-refractivity contribution in [2.75, 3.05) is 17.9 Å². The van der Waals surface area contributed by atoms with Crippen LogP contribution in [0.3, 0.4) is 0 Å². The van der Waals surface area contributed by atoms with Gasteiger partial charge in [-0.3, -0.25) is 13.9 Å². The Morgan fingerprint density at radius 1 is 0.868 bits per heavy atom. The zero-order valence-electron chi connectivity index (χ0n) is 22.9. The van der Waals surface area contributed by atoms with E-state index >= 15 is 0 Å². The van der Waals surface area contributed by atoms with Crippen molar-refractivity contribution >= 4 is 27.5 Å². The molecule has 0 fully saturated rings. The van der Waals surface area contributed by atoms with Gasteiger partial charge < -0.3 is 10.2 Å².